The monoisotopic (exact) mass is 320 g/mol. The first-order chi connectivity index (χ1) is 10.2. The number of aryl methyl sites for hydroxylation is 3. The average molecular weight is 320 g/mol. The number of rotatable bonds is 5. The third kappa shape index (κ3) is 3.02. The number of oxazole rings is 1. The van der Waals surface area contributed by atoms with E-state index in [9.17, 15) is 9.59 Å². The van der Waals surface area contributed by atoms with E-state index in [0.29, 0.717) is 22.0 Å². The minimum absolute atomic E-state index is 0.0374. The summed E-state index contributed by atoms with van der Waals surface area (Å²) in [6, 6.07) is 0. The SMILES string of the molecule is CC(=O)c1c(C)[nH]c(C(=O)[C@@H](C)Sc2nc(C)c(C)o2)c1C. The van der Waals surface area contributed by atoms with Crippen molar-refractivity contribution in [1.29, 1.82) is 0 Å². The van der Waals surface area contributed by atoms with E-state index in [1.54, 1.807) is 13.8 Å². The number of thioether (sulfide) groups is 1. The second-order valence-electron chi connectivity index (χ2n) is 5.43. The number of aromatic nitrogens is 2. The van der Waals surface area contributed by atoms with Crippen molar-refractivity contribution >= 4 is 23.3 Å². The number of hydrogen-bond donors (Lipinski definition) is 1. The van der Waals surface area contributed by atoms with Gasteiger partial charge in [-0.05, 0) is 47.1 Å². The van der Waals surface area contributed by atoms with Crippen LogP contribution >= 0.6 is 11.8 Å². The molecule has 0 spiro atoms. The van der Waals surface area contributed by atoms with Crippen LogP contribution in [0.5, 0.6) is 0 Å². The highest BCUT2D eigenvalue weighted by atomic mass is 32.2. The van der Waals surface area contributed by atoms with Gasteiger partial charge in [-0.15, -0.1) is 0 Å². The lowest BCUT2D eigenvalue weighted by molar-refractivity contribution is 0.0988. The summed E-state index contributed by atoms with van der Waals surface area (Å²) in [6.07, 6.45) is 0. The van der Waals surface area contributed by atoms with E-state index in [2.05, 4.69) is 9.97 Å². The maximum atomic E-state index is 12.6. The van der Waals surface area contributed by atoms with Gasteiger partial charge in [0.1, 0.15) is 5.76 Å². The molecule has 0 amide bonds. The smallest absolute Gasteiger partial charge is 0.256 e. The third-order valence-corrected chi connectivity index (χ3v) is 4.64. The largest absolute Gasteiger partial charge is 0.437 e. The molecule has 1 atom stereocenters. The fourth-order valence-electron chi connectivity index (χ4n) is 2.43. The molecule has 0 unspecified atom stereocenters. The van der Waals surface area contributed by atoms with Crippen molar-refractivity contribution in [3.05, 3.63) is 34.0 Å². The van der Waals surface area contributed by atoms with E-state index >= 15 is 0 Å². The second-order valence-corrected chi connectivity index (χ2v) is 6.72. The fourth-order valence-corrected chi connectivity index (χ4v) is 3.32. The molecule has 118 valence electrons. The number of ketones is 2. The van der Waals surface area contributed by atoms with Crippen LogP contribution in [-0.2, 0) is 0 Å². The van der Waals surface area contributed by atoms with Gasteiger partial charge < -0.3 is 9.40 Å². The van der Waals surface area contributed by atoms with Crippen LogP contribution in [0.1, 0.15) is 57.4 Å². The van der Waals surface area contributed by atoms with E-state index in [4.69, 9.17) is 4.42 Å². The highest BCUT2D eigenvalue weighted by Crippen LogP contribution is 2.28. The van der Waals surface area contributed by atoms with Gasteiger partial charge in [-0.25, -0.2) is 4.98 Å². The van der Waals surface area contributed by atoms with Crippen LogP contribution < -0.4 is 0 Å². The van der Waals surface area contributed by atoms with Gasteiger partial charge in [0, 0.05) is 11.3 Å². The molecule has 0 fully saturated rings. The van der Waals surface area contributed by atoms with Crippen molar-refractivity contribution in [2.75, 3.05) is 0 Å². The van der Waals surface area contributed by atoms with Gasteiger partial charge in [0.25, 0.3) is 5.22 Å². The van der Waals surface area contributed by atoms with Gasteiger partial charge in [-0.2, -0.15) is 0 Å². The van der Waals surface area contributed by atoms with Crippen molar-refractivity contribution in [1.82, 2.24) is 9.97 Å². The summed E-state index contributed by atoms with van der Waals surface area (Å²) >= 11 is 1.28. The van der Waals surface area contributed by atoms with E-state index in [-0.39, 0.29) is 16.8 Å². The molecule has 0 saturated carbocycles. The van der Waals surface area contributed by atoms with Gasteiger partial charge in [-0.3, -0.25) is 9.59 Å². The minimum atomic E-state index is -0.353. The molecule has 5 nitrogen and oxygen atoms in total. The summed E-state index contributed by atoms with van der Waals surface area (Å²) in [5.74, 6) is 0.657. The van der Waals surface area contributed by atoms with Crippen molar-refractivity contribution in [3.8, 4) is 0 Å². The van der Waals surface area contributed by atoms with Crippen molar-refractivity contribution < 1.29 is 14.0 Å². The summed E-state index contributed by atoms with van der Waals surface area (Å²) in [4.78, 5) is 31.6. The second kappa shape index (κ2) is 6.12. The van der Waals surface area contributed by atoms with Gasteiger partial charge in [-0.1, -0.05) is 11.8 Å². The van der Waals surface area contributed by atoms with E-state index < -0.39 is 0 Å². The maximum absolute atomic E-state index is 12.6. The Kier molecular flexibility index (Phi) is 4.60. The van der Waals surface area contributed by atoms with Gasteiger partial charge in [0.05, 0.1) is 16.6 Å². The predicted molar refractivity (Wildman–Crippen MR) is 85.9 cm³/mol. The van der Waals surface area contributed by atoms with E-state index in [1.165, 1.54) is 18.7 Å². The van der Waals surface area contributed by atoms with E-state index in [1.807, 2.05) is 20.8 Å². The van der Waals surface area contributed by atoms with Gasteiger partial charge in [0.2, 0.25) is 0 Å². The van der Waals surface area contributed by atoms with Crippen LogP contribution in [0, 0.1) is 27.7 Å². The van der Waals surface area contributed by atoms with Crippen LogP contribution in [0.3, 0.4) is 0 Å². The Balaban J connectivity index is 2.24. The van der Waals surface area contributed by atoms with Gasteiger partial charge in [0.15, 0.2) is 11.6 Å². The minimum Gasteiger partial charge on any atom is -0.437 e. The number of H-pyrrole nitrogens is 1. The molecule has 0 aliphatic carbocycles. The molecule has 6 heteroatoms. The Morgan fingerprint density at radius 2 is 1.86 bits per heavy atom. The number of hydrogen-bond acceptors (Lipinski definition) is 5. The summed E-state index contributed by atoms with van der Waals surface area (Å²) in [7, 11) is 0. The van der Waals surface area contributed by atoms with Crippen LogP contribution in [0.15, 0.2) is 9.64 Å². The van der Waals surface area contributed by atoms with Gasteiger partial charge >= 0.3 is 0 Å². The molecule has 2 aromatic rings. The normalized spacial score (nSPS) is 12.5. The first-order valence-corrected chi connectivity index (χ1v) is 7.95. The zero-order valence-electron chi connectivity index (χ0n) is 13.7. The lowest BCUT2D eigenvalue weighted by Gasteiger charge is -2.07. The first-order valence-electron chi connectivity index (χ1n) is 7.07. The van der Waals surface area contributed by atoms with Crippen LogP contribution in [0.2, 0.25) is 0 Å². The standard InChI is InChI=1S/C16H20N2O3S/c1-7-13(10(4)19)9(3)17-14(7)15(20)12(6)22-16-18-8(2)11(5)21-16/h12,17H,1-6H3/t12-/m1/s1. The lowest BCUT2D eigenvalue weighted by atomic mass is 10.0. The van der Waals surface area contributed by atoms with Crippen LogP contribution in [0.4, 0.5) is 0 Å². The Labute approximate surface area is 133 Å². The lowest BCUT2D eigenvalue weighted by Crippen LogP contribution is -2.15. The molecule has 0 radical (unpaired) electrons. The fraction of sp³-hybridized carbons (Fsp3) is 0.438. The molecule has 2 heterocycles. The Hall–Kier alpha value is -1.82. The number of nitrogens with one attached hydrogen (secondary N) is 1. The Morgan fingerprint density at radius 1 is 1.23 bits per heavy atom. The van der Waals surface area contributed by atoms with Crippen molar-refractivity contribution in [2.24, 2.45) is 0 Å². The molecule has 0 saturated heterocycles. The number of Topliss-reactive ketones (excluding diaryl/α,β-unsaturated/α-hetero) is 2. The highest BCUT2D eigenvalue weighted by molar-refractivity contribution is 8.00. The molecular formula is C16H20N2O3S. The van der Waals surface area contributed by atoms with E-state index in [0.717, 1.165) is 17.1 Å². The quantitative estimate of drug-likeness (QED) is 0.670. The molecule has 2 aromatic heterocycles. The summed E-state index contributed by atoms with van der Waals surface area (Å²) < 4.78 is 5.50. The Morgan fingerprint density at radius 3 is 2.32 bits per heavy atom. The molecule has 0 aromatic carbocycles. The molecular weight excluding hydrogens is 300 g/mol. The number of aromatic amines is 1. The number of carbonyl (C=O) groups excluding carboxylic acids is 2. The molecule has 0 bridgehead atoms. The summed E-state index contributed by atoms with van der Waals surface area (Å²) in [5, 5.41) is 0.137. The van der Waals surface area contributed by atoms with Crippen LogP contribution in [0.25, 0.3) is 0 Å². The summed E-state index contributed by atoms with van der Waals surface area (Å²) in [6.45, 7) is 10.6. The zero-order valence-corrected chi connectivity index (χ0v) is 14.5. The third-order valence-electron chi connectivity index (χ3n) is 3.69. The predicted octanol–water partition coefficient (Wildman–Crippen LogP) is 3.80. The molecule has 1 N–H and O–H groups in total. The number of nitrogens with zero attached hydrogens (tertiary/aromatic N) is 1. The molecule has 0 aliphatic rings. The molecule has 22 heavy (non-hydrogen) atoms. The highest BCUT2D eigenvalue weighted by Gasteiger charge is 2.25. The molecule has 2 rings (SSSR count). The molecule has 0 aliphatic heterocycles. The Bertz CT molecular complexity index is 723. The average Bonchev–Trinajstić information content (AvgIpc) is 2.88. The topological polar surface area (TPSA) is 76.0 Å². The van der Waals surface area contributed by atoms with Crippen LogP contribution in [-0.4, -0.2) is 26.8 Å². The maximum Gasteiger partial charge on any atom is 0.256 e. The van der Waals surface area contributed by atoms with Crippen molar-refractivity contribution in [2.45, 2.75) is 52.0 Å². The van der Waals surface area contributed by atoms with Crippen molar-refractivity contribution in [3.63, 3.8) is 0 Å². The first kappa shape index (κ1) is 16.5. The zero-order chi connectivity index (χ0) is 16.6. The summed E-state index contributed by atoms with van der Waals surface area (Å²) in [5.41, 5.74) is 3.36. The number of carbonyl (C=O) groups is 2.